The molecule has 0 radical (unpaired) electrons. The van der Waals surface area contributed by atoms with Crippen molar-refractivity contribution in [3.63, 3.8) is 0 Å². The van der Waals surface area contributed by atoms with Crippen LogP contribution in [-0.4, -0.2) is 40.4 Å². The average molecular weight is 409 g/mol. The number of rotatable bonds is 9. The van der Waals surface area contributed by atoms with Crippen molar-refractivity contribution in [2.75, 3.05) is 13.2 Å². The Morgan fingerprint density at radius 2 is 1.87 bits per heavy atom. The van der Waals surface area contributed by atoms with Crippen LogP contribution in [0.2, 0.25) is 0 Å². The molecule has 1 heterocycles. The highest BCUT2D eigenvalue weighted by molar-refractivity contribution is 5.96. The lowest BCUT2D eigenvalue weighted by molar-refractivity contribution is -0.123. The molecule has 3 aromatic rings. The fourth-order valence-corrected chi connectivity index (χ4v) is 2.90. The van der Waals surface area contributed by atoms with E-state index in [0.29, 0.717) is 29.4 Å². The van der Waals surface area contributed by atoms with Gasteiger partial charge in [0.1, 0.15) is 5.69 Å². The van der Waals surface area contributed by atoms with Crippen molar-refractivity contribution in [3.8, 4) is 22.8 Å². The smallest absolute Gasteiger partial charge is 0.271 e. The van der Waals surface area contributed by atoms with Crippen LogP contribution < -0.4 is 20.5 Å². The zero-order valence-electron chi connectivity index (χ0n) is 16.7. The van der Waals surface area contributed by atoms with Gasteiger partial charge in [-0.2, -0.15) is 15.4 Å². The Morgan fingerprint density at radius 3 is 2.57 bits per heavy atom. The number of ether oxygens (including phenoxy) is 2. The van der Waals surface area contributed by atoms with Crippen molar-refractivity contribution in [1.29, 1.82) is 0 Å². The fourth-order valence-electron chi connectivity index (χ4n) is 2.90. The van der Waals surface area contributed by atoms with Crippen molar-refractivity contribution in [2.24, 2.45) is 5.73 Å². The summed E-state index contributed by atoms with van der Waals surface area (Å²) in [5, 5.41) is 13.0. The third-order valence-corrected chi connectivity index (χ3v) is 4.33. The van der Waals surface area contributed by atoms with Crippen LogP contribution in [0.1, 0.15) is 35.9 Å². The van der Waals surface area contributed by atoms with E-state index in [0.717, 1.165) is 5.56 Å². The van der Waals surface area contributed by atoms with Gasteiger partial charge in [0.25, 0.3) is 11.8 Å². The number of aromatic amines is 1. The fraction of sp³-hybridized carbons (Fsp3) is 0.238. The van der Waals surface area contributed by atoms with Gasteiger partial charge in [-0.25, -0.2) is 0 Å². The molecule has 0 saturated heterocycles. The number of benzene rings is 2. The van der Waals surface area contributed by atoms with Crippen molar-refractivity contribution in [1.82, 2.24) is 20.7 Å². The van der Waals surface area contributed by atoms with E-state index in [9.17, 15) is 9.59 Å². The monoisotopic (exact) mass is 409 g/mol. The number of primary amides is 1. The van der Waals surface area contributed by atoms with Crippen molar-refractivity contribution in [2.45, 2.75) is 19.9 Å². The molecule has 3 rings (SSSR count). The minimum atomic E-state index is -0.693. The molecule has 0 spiro atoms. The summed E-state index contributed by atoms with van der Waals surface area (Å²) in [6.45, 7) is 3.95. The molecule has 9 heteroatoms. The van der Waals surface area contributed by atoms with Gasteiger partial charge >= 0.3 is 0 Å². The molecule has 1 atom stereocenters. The molecule has 4 N–H and O–H groups in total. The van der Waals surface area contributed by atoms with E-state index in [1.807, 2.05) is 44.2 Å². The first kappa shape index (κ1) is 20.8. The summed E-state index contributed by atoms with van der Waals surface area (Å²) in [4.78, 5) is 23.8. The quantitative estimate of drug-likeness (QED) is 0.496. The zero-order valence-corrected chi connectivity index (χ0v) is 16.7. The molecule has 0 aliphatic carbocycles. The van der Waals surface area contributed by atoms with Crippen LogP contribution in [0.15, 0.2) is 48.5 Å². The molecule has 9 nitrogen and oxygen atoms in total. The second-order valence-corrected chi connectivity index (χ2v) is 6.47. The predicted octanol–water partition coefficient (Wildman–Crippen LogP) is 2.23. The lowest BCUT2D eigenvalue weighted by atomic mass is 10.1. The normalized spacial score (nSPS) is 11.5. The number of amides is 2. The van der Waals surface area contributed by atoms with Crippen molar-refractivity contribution in [3.05, 3.63) is 59.8 Å². The number of nitrogens with two attached hydrogens (primary N) is 1. The minimum Gasteiger partial charge on any atom is -0.490 e. The molecule has 0 aliphatic heterocycles. The maximum Gasteiger partial charge on any atom is 0.271 e. The third-order valence-electron chi connectivity index (χ3n) is 4.33. The Balaban J connectivity index is 1.70. The number of aromatic nitrogens is 3. The van der Waals surface area contributed by atoms with E-state index in [4.69, 9.17) is 15.2 Å². The Hall–Kier alpha value is -3.88. The van der Waals surface area contributed by atoms with Gasteiger partial charge in [0.2, 0.25) is 0 Å². The lowest BCUT2D eigenvalue weighted by Crippen LogP contribution is -2.31. The summed E-state index contributed by atoms with van der Waals surface area (Å²) < 4.78 is 11.3. The molecule has 2 aromatic carbocycles. The van der Waals surface area contributed by atoms with Gasteiger partial charge in [0.15, 0.2) is 23.8 Å². The van der Waals surface area contributed by atoms with E-state index in [2.05, 4.69) is 20.7 Å². The van der Waals surface area contributed by atoms with E-state index in [1.165, 1.54) is 0 Å². The summed E-state index contributed by atoms with van der Waals surface area (Å²) in [6.07, 6.45) is 0. The second kappa shape index (κ2) is 9.55. The molecule has 0 saturated carbocycles. The van der Waals surface area contributed by atoms with Crippen LogP contribution in [0.5, 0.6) is 11.5 Å². The molecule has 156 valence electrons. The maximum absolute atomic E-state index is 12.3. The highest BCUT2D eigenvalue weighted by atomic mass is 16.5. The second-order valence-electron chi connectivity index (χ2n) is 6.47. The highest BCUT2D eigenvalue weighted by Crippen LogP contribution is 2.33. The lowest BCUT2D eigenvalue weighted by Gasteiger charge is -2.16. The number of hydrogen-bond acceptors (Lipinski definition) is 6. The van der Waals surface area contributed by atoms with Gasteiger partial charge in [-0.15, -0.1) is 0 Å². The van der Waals surface area contributed by atoms with Gasteiger partial charge in [0.05, 0.1) is 12.6 Å². The first-order valence-electron chi connectivity index (χ1n) is 9.44. The molecule has 0 aliphatic rings. The first-order valence-corrected chi connectivity index (χ1v) is 9.44. The highest BCUT2D eigenvalue weighted by Gasteiger charge is 2.18. The summed E-state index contributed by atoms with van der Waals surface area (Å²) in [6, 6.07) is 14.5. The summed E-state index contributed by atoms with van der Waals surface area (Å²) in [5.74, 6) is -0.142. The van der Waals surface area contributed by atoms with Gasteiger partial charge in [0, 0.05) is 5.56 Å². The Kier molecular flexibility index (Phi) is 6.63. The van der Waals surface area contributed by atoms with Gasteiger partial charge in [-0.1, -0.05) is 30.3 Å². The largest absolute Gasteiger partial charge is 0.490 e. The molecule has 0 bridgehead atoms. The van der Waals surface area contributed by atoms with Crippen LogP contribution in [0.25, 0.3) is 11.3 Å². The van der Waals surface area contributed by atoms with Crippen LogP contribution >= 0.6 is 0 Å². The third kappa shape index (κ3) is 4.93. The molecule has 2 amide bonds. The number of carbonyl (C=O) groups is 2. The number of carbonyl (C=O) groups excluding carboxylic acids is 2. The van der Waals surface area contributed by atoms with Crippen LogP contribution in [0, 0.1) is 0 Å². The van der Waals surface area contributed by atoms with Gasteiger partial charge in [-0.05, 0) is 37.6 Å². The number of nitrogens with one attached hydrogen (secondary N) is 2. The maximum atomic E-state index is 12.3. The van der Waals surface area contributed by atoms with Crippen LogP contribution in [0.4, 0.5) is 0 Å². The first-order chi connectivity index (χ1) is 14.5. The summed E-state index contributed by atoms with van der Waals surface area (Å²) >= 11 is 0. The zero-order chi connectivity index (χ0) is 21.5. The number of nitrogens with zero attached hydrogens (tertiary/aromatic N) is 2. The van der Waals surface area contributed by atoms with Crippen LogP contribution in [-0.2, 0) is 4.79 Å². The summed E-state index contributed by atoms with van der Waals surface area (Å²) in [7, 11) is 0. The van der Waals surface area contributed by atoms with E-state index in [-0.39, 0.29) is 24.2 Å². The topological polar surface area (TPSA) is 132 Å². The standard InChI is InChI=1S/C21H23N5O4/c1-3-29-17-11-15(19-20(21(22)28)25-26-24-19)9-10-16(17)30-12-18(27)23-13(2)14-7-5-4-6-8-14/h4-11,13H,3,12H2,1-2H3,(H2,22,28)(H,23,27)(H,24,25,26). The van der Waals surface area contributed by atoms with Gasteiger partial charge < -0.3 is 20.5 Å². The Morgan fingerprint density at radius 1 is 1.10 bits per heavy atom. The van der Waals surface area contributed by atoms with Crippen LogP contribution in [0.3, 0.4) is 0 Å². The van der Waals surface area contributed by atoms with Crippen molar-refractivity contribution >= 4 is 11.8 Å². The minimum absolute atomic E-state index is 0.0281. The molecule has 1 unspecified atom stereocenters. The number of hydrogen-bond donors (Lipinski definition) is 3. The molecular formula is C21H23N5O4. The molecular weight excluding hydrogens is 386 g/mol. The van der Waals surface area contributed by atoms with E-state index >= 15 is 0 Å². The molecule has 1 aromatic heterocycles. The molecule has 30 heavy (non-hydrogen) atoms. The SMILES string of the molecule is CCOc1cc(-c2n[nH]nc2C(N)=O)ccc1OCC(=O)NC(C)c1ccccc1. The van der Waals surface area contributed by atoms with E-state index < -0.39 is 5.91 Å². The Labute approximate surface area is 173 Å². The van der Waals surface area contributed by atoms with Crippen molar-refractivity contribution < 1.29 is 19.1 Å². The predicted molar refractivity (Wildman–Crippen MR) is 110 cm³/mol. The molecule has 0 fully saturated rings. The van der Waals surface area contributed by atoms with Gasteiger partial charge in [-0.3, -0.25) is 9.59 Å². The summed E-state index contributed by atoms with van der Waals surface area (Å²) in [5.41, 5.74) is 7.24. The number of H-pyrrole nitrogens is 1. The average Bonchev–Trinajstić information content (AvgIpc) is 3.24. The van der Waals surface area contributed by atoms with E-state index in [1.54, 1.807) is 18.2 Å². The Bertz CT molecular complexity index is 1020.